The van der Waals surface area contributed by atoms with Crippen molar-refractivity contribution in [1.29, 1.82) is 5.26 Å². The summed E-state index contributed by atoms with van der Waals surface area (Å²) in [6, 6.07) is 15.7. The number of carbonyl (C=O) groups excluding carboxylic acids is 1. The molecule has 140 valence electrons. The molecular formula is C21H17ClN4O2. The van der Waals surface area contributed by atoms with E-state index in [0.29, 0.717) is 39.1 Å². The zero-order valence-corrected chi connectivity index (χ0v) is 16.0. The summed E-state index contributed by atoms with van der Waals surface area (Å²) < 4.78 is 5.35. The Bertz CT molecular complexity index is 1080. The molecule has 0 aliphatic heterocycles. The number of aromatic nitrogens is 1. The van der Waals surface area contributed by atoms with Gasteiger partial charge in [-0.3, -0.25) is 4.79 Å². The van der Waals surface area contributed by atoms with Gasteiger partial charge in [-0.15, -0.1) is 0 Å². The minimum Gasteiger partial charge on any atom is -0.495 e. The second-order valence-corrected chi connectivity index (χ2v) is 6.38. The van der Waals surface area contributed by atoms with E-state index in [1.165, 1.54) is 6.20 Å². The standard InChI is InChI=1S/C21H17ClN4O2/c1-13-9-18(19(28-2)11-16(13)22)25-20-10-14(7-8-24-20)21(27)26-17-6-4-3-5-15(17)12-23/h3-11H,1-2H3,(H,24,25)(H,26,27). The fourth-order valence-electron chi connectivity index (χ4n) is 2.59. The van der Waals surface area contributed by atoms with Crippen LogP contribution in [0.15, 0.2) is 54.7 Å². The van der Waals surface area contributed by atoms with Crippen molar-refractivity contribution >= 4 is 34.7 Å². The quantitative estimate of drug-likeness (QED) is 0.643. The van der Waals surface area contributed by atoms with Crippen molar-refractivity contribution in [2.75, 3.05) is 17.7 Å². The maximum absolute atomic E-state index is 12.6. The lowest BCUT2D eigenvalue weighted by Crippen LogP contribution is -2.13. The number of methoxy groups -OCH3 is 1. The predicted molar refractivity (Wildman–Crippen MR) is 109 cm³/mol. The molecule has 0 atom stereocenters. The van der Waals surface area contributed by atoms with Gasteiger partial charge in [-0.25, -0.2) is 4.98 Å². The summed E-state index contributed by atoms with van der Waals surface area (Å²) in [5, 5.41) is 15.7. The number of hydrogen-bond donors (Lipinski definition) is 2. The van der Waals surface area contributed by atoms with Crippen molar-refractivity contribution in [3.63, 3.8) is 0 Å². The van der Waals surface area contributed by atoms with Crippen molar-refractivity contribution in [1.82, 2.24) is 4.98 Å². The largest absolute Gasteiger partial charge is 0.495 e. The van der Waals surface area contributed by atoms with Crippen LogP contribution in [-0.2, 0) is 0 Å². The highest BCUT2D eigenvalue weighted by atomic mass is 35.5. The van der Waals surface area contributed by atoms with E-state index >= 15 is 0 Å². The van der Waals surface area contributed by atoms with E-state index < -0.39 is 0 Å². The van der Waals surface area contributed by atoms with E-state index in [9.17, 15) is 4.79 Å². The van der Waals surface area contributed by atoms with Crippen molar-refractivity contribution < 1.29 is 9.53 Å². The topological polar surface area (TPSA) is 87.0 Å². The van der Waals surface area contributed by atoms with Gasteiger partial charge in [-0.05, 0) is 42.8 Å². The van der Waals surface area contributed by atoms with Gasteiger partial charge in [0, 0.05) is 22.8 Å². The number of carbonyl (C=O) groups is 1. The van der Waals surface area contributed by atoms with Crippen LogP contribution in [0.5, 0.6) is 5.75 Å². The molecule has 0 fully saturated rings. The maximum atomic E-state index is 12.6. The first-order valence-electron chi connectivity index (χ1n) is 8.39. The molecule has 0 saturated heterocycles. The molecule has 7 heteroatoms. The number of para-hydroxylation sites is 1. The van der Waals surface area contributed by atoms with Crippen LogP contribution < -0.4 is 15.4 Å². The van der Waals surface area contributed by atoms with E-state index in [1.807, 2.05) is 13.0 Å². The van der Waals surface area contributed by atoms with Crippen LogP contribution in [0.25, 0.3) is 0 Å². The number of anilines is 3. The number of benzene rings is 2. The third-order valence-electron chi connectivity index (χ3n) is 4.06. The molecule has 0 aliphatic rings. The van der Waals surface area contributed by atoms with Crippen molar-refractivity contribution in [2.24, 2.45) is 0 Å². The average Bonchev–Trinajstić information content (AvgIpc) is 2.71. The SMILES string of the molecule is COc1cc(Cl)c(C)cc1Nc1cc(C(=O)Nc2ccccc2C#N)ccn1. The van der Waals surface area contributed by atoms with Gasteiger partial charge in [0.25, 0.3) is 5.91 Å². The lowest BCUT2D eigenvalue weighted by Gasteiger charge is -2.13. The first-order valence-corrected chi connectivity index (χ1v) is 8.77. The highest BCUT2D eigenvalue weighted by Crippen LogP contribution is 2.32. The van der Waals surface area contributed by atoms with Crippen molar-refractivity contribution in [3.05, 3.63) is 76.4 Å². The normalized spacial score (nSPS) is 10.1. The number of nitriles is 1. The van der Waals surface area contributed by atoms with Crippen molar-refractivity contribution in [3.8, 4) is 11.8 Å². The van der Waals surface area contributed by atoms with E-state index in [0.717, 1.165) is 5.56 Å². The van der Waals surface area contributed by atoms with Crippen LogP contribution in [-0.4, -0.2) is 18.0 Å². The molecule has 0 radical (unpaired) electrons. The Balaban J connectivity index is 1.84. The number of nitrogens with zero attached hydrogens (tertiary/aromatic N) is 2. The molecule has 2 N–H and O–H groups in total. The lowest BCUT2D eigenvalue weighted by molar-refractivity contribution is 0.102. The molecular weight excluding hydrogens is 376 g/mol. The predicted octanol–water partition coefficient (Wildman–Crippen LogP) is 4.92. The van der Waals surface area contributed by atoms with Crippen LogP contribution in [0.1, 0.15) is 21.5 Å². The van der Waals surface area contributed by atoms with Crippen LogP contribution in [0.4, 0.5) is 17.2 Å². The molecule has 0 unspecified atom stereocenters. The fourth-order valence-corrected chi connectivity index (χ4v) is 2.75. The summed E-state index contributed by atoms with van der Waals surface area (Å²) in [6.45, 7) is 1.89. The highest BCUT2D eigenvalue weighted by molar-refractivity contribution is 6.31. The van der Waals surface area contributed by atoms with Gasteiger partial charge in [0.05, 0.1) is 24.0 Å². The lowest BCUT2D eigenvalue weighted by atomic mass is 10.1. The molecule has 0 aliphatic carbocycles. The molecule has 3 rings (SSSR count). The van der Waals surface area contributed by atoms with Gasteiger partial charge in [0.1, 0.15) is 17.6 Å². The summed E-state index contributed by atoms with van der Waals surface area (Å²) in [7, 11) is 1.55. The van der Waals surface area contributed by atoms with Gasteiger partial charge >= 0.3 is 0 Å². The minimum atomic E-state index is -0.340. The van der Waals surface area contributed by atoms with Gasteiger partial charge < -0.3 is 15.4 Å². The Hall–Kier alpha value is -3.56. The molecule has 3 aromatic rings. The van der Waals surface area contributed by atoms with Crippen LogP contribution >= 0.6 is 11.6 Å². The third-order valence-corrected chi connectivity index (χ3v) is 4.47. The number of ether oxygens (including phenoxy) is 1. The smallest absolute Gasteiger partial charge is 0.255 e. The zero-order chi connectivity index (χ0) is 20.1. The third kappa shape index (κ3) is 4.22. The van der Waals surface area contributed by atoms with Crippen LogP contribution in [0.3, 0.4) is 0 Å². The number of nitrogens with one attached hydrogen (secondary N) is 2. The molecule has 6 nitrogen and oxygen atoms in total. The molecule has 1 amide bonds. The van der Waals surface area contributed by atoms with Crippen LogP contribution in [0.2, 0.25) is 5.02 Å². The number of rotatable bonds is 5. The Morgan fingerprint density at radius 1 is 1.18 bits per heavy atom. The first-order chi connectivity index (χ1) is 13.5. The Kier molecular flexibility index (Phi) is 5.78. The summed E-state index contributed by atoms with van der Waals surface area (Å²) >= 11 is 6.14. The van der Waals surface area contributed by atoms with Crippen LogP contribution in [0, 0.1) is 18.3 Å². The Morgan fingerprint density at radius 3 is 2.71 bits per heavy atom. The summed E-state index contributed by atoms with van der Waals surface area (Å²) in [6.07, 6.45) is 1.53. The number of pyridine rings is 1. The monoisotopic (exact) mass is 392 g/mol. The van der Waals surface area contributed by atoms with Gasteiger partial charge in [-0.1, -0.05) is 23.7 Å². The molecule has 28 heavy (non-hydrogen) atoms. The highest BCUT2D eigenvalue weighted by Gasteiger charge is 2.12. The molecule has 0 spiro atoms. The number of hydrogen-bond acceptors (Lipinski definition) is 5. The van der Waals surface area contributed by atoms with E-state index in [1.54, 1.807) is 49.6 Å². The van der Waals surface area contributed by atoms with Gasteiger partial charge in [0.2, 0.25) is 0 Å². The number of halogens is 1. The molecule has 1 heterocycles. The number of amides is 1. The average molecular weight is 393 g/mol. The van der Waals surface area contributed by atoms with E-state index in [2.05, 4.69) is 21.7 Å². The summed E-state index contributed by atoms with van der Waals surface area (Å²) in [5.41, 5.74) is 2.81. The van der Waals surface area contributed by atoms with Gasteiger partial charge in [0.15, 0.2) is 0 Å². The summed E-state index contributed by atoms with van der Waals surface area (Å²) in [5.74, 6) is 0.698. The molecule has 2 aromatic carbocycles. The minimum absolute atomic E-state index is 0.340. The van der Waals surface area contributed by atoms with E-state index in [4.69, 9.17) is 21.6 Å². The number of aryl methyl sites for hydroxylation is 1. The first kappa shape index (κ1) is 19.2. The maximum Gasteiger partial charge on any atom is 0.255 e. The zero-order valence-electron chi connectivity index (χ0n) is 15.3. The molecule has 0 saturated carbocycles. The van der Waals surface area contributed by atoms with Gasteiger partial charge in [-0.2, -0.15) is 5.26 Å². The Morgan fingerprint density at radius 2 is 1.96 bits per heavy atom. The fraction of sp³-hybridized carbons (Fsp3) is 0.0952. The molecule has 0 bridgehead atoms. The molecule has 1 aromatic heterocycles. The van der Waals surface area contributed by atoms with Crippen molar-refractivity contribution in [2.45, 2.75) is 6.92 Å². The van der Waals surface area contributed by atoms with E-state index in [-0.39, 0.29) is 5.91 Å². The second kappa shape index (κ2) is 8.42. The summed E-state index contributed by atoms with van der Waals surface area (Å²) in [4.78, 5) is 16.8. The second-order valence-electron chi connectivity index (χ2n) is 5.97. The Labute approximate surface area is 167 Å².